The van der Waals surface area contributed by atoms with Gasteiger partial charge in [-0.25, -0.2) is 4.79 Å². The van der Waals surface area contributed by atoms with Crippen LogP contribution in [0.2, 0.25) is 0 Å². The van der Waals surface area contributed by atoms with E-state index in [-0.39, 0.29) is 6.61 Å². The van der Waals surface area contributed by atoms with E-state index in [4.69, 9.17) is 5.11 Å². The van der Waals surface area contributed by atoms with Crippen LogP contribution in [0.1, 0.15) is 66.2 Å². The highest BCUT2D eigenvalue weighted by molar-refractivity contribution is 5.86. The average molecular weight is 320 g/mol. The van der Waals surface area contributed by atoms with Gasteiger partial charge in [-0.2, -0.15) is 0 Å². The number of carboxylic acids is 1. The van der Waals surface area contributed by atoms with Crippen LogP contribution in [-0.2, 0) is 4.79 Å². The molecule has 0 aromatic rings. The summed E-state index contributed by atoms with van der Waals surface area (Å²) in [6.07, 6.45) is 12.9. The third-order valence-corrected chi connectivity index (χ3v) is 3.64. The standard InChI is InChI=1S/C20H32O3/c1-16(2)8-5-12-19(20(22)23)13-7-11-17(3)9-6-10-18(4)14-15-21/h8-9,13-14,21H,5-7,10-12,15H2,1-4H3,(H,22,23)/b17-9+,18-14+,19-13-. The number of hydrogen-bond donors (Lipinski definition) is 2. The fourth-order valence-electron chi connectivity index (χ4n) is 2.19. The summed E-state index contributed by atoms with van der Waals surface area (Å²) in [6, 6.07) is 0. The summed E-state index contributed by atoms with van der Waals surface area (Å²) in [5, 5.41) is 18.0. The van der Waals surface area contributed by atoms with Gasteiger partial charge in [0.25, 0.3) is 0 Å². The highest BCUT2D eigenvalue weighted by Crippen LogP contribution is 2.14. The quantitative estimate of drug-likeness (QED) is 0.407. The lowest BCUT2D eigenvalue weighted by atomic mass is 10.0. The largest absolute Gasteiger partial charge is 0.478 e. The van der Waals surface area contributed by atoms with Gasteiger partial charge in [-0.3, -0.25) is 0 Å². The molecule has 0 aliphatic rings. The van der Waals surface area contributed by atoms with E-state index in [9.17, 15) is 9.90 Å². The van der Waals surface area contributed by atoms with Crippen molar-refractivity contribution in [2.45, 2.75) is 66.2 Å². The molecular formula is C20H32O3. The Kier molecular flexibility index (Phi) is 12.0. The van der Waals surface area contributed by atoms with Crippen molar-refractivity contribution in [1.29, 1.82) is 0 Å². The minimum Gasteiger partial charge on any atom is -0.478 e. The van der Waals surface area contributed by atoms with Crippen molar-refractivity contribution in [2.24, 2.45) is 0 Å². The molecule has 0 saturated carbocycles. The molecule has 0 bridgehead atoms. The lowest BCUT2D eigenvalue weighted by Crippen LogP contribution is -2.00. The minimum absolute atomic E-state index is 0.101. The summed E-state index contributed by atoms with van der Waals surface area (Å²) in [5.41, 5.74) is 4.21. The third-order valence-electron chi connectivity index (χ3n) is 3.64. The van der Waals surface area contributed by atoms with E-state index in [1.807, 2.05) is 32.9 Å². The zero-order valence-electron chi connectivity index (χ0n) is 15.1. The molecule has 0 aliphatic carbocycles. The summed E-state index contributed by atoms with van der Waals surface area (Å²) in [5.74, 6) is -0.807. The molecule has 23 heavy (non-hydrogen) atoms. The van der Waals surface area contributed by atoms with Gasteiger partial charge in [0, 0.05) is 5.57 Å². The third kappa shape index (κ3) is 12.6. The molecular weight excluding hydrogens is 288 g/mol. The number of aliphatic hydroxyl groups excluding tert-OH is 1. The Morgan fingerprint density at radius 1 is 0.783 bits per heavy atom. The lowest BCUT2D eigenvalue weighted by Gasteiger charge is -2.03. The molecule has 0 aliphatic heterocycles. The highest BCUT2D eigenvalue weighted by atomic mass is 16.4. The Labute approximate surface area is 141 Å². The maximum absolute atomic E-state index is 11.2. The van der Waals surface area contributed by atoms with Gasteiger partial charge in [-0.05, 0) is 66.2 Å². The van der Waals surface area contributed by atoms with E-state index in [1.54, 1.807) is 0 Å². The van der Waals surface area contributed by atoms with Crippen LogP contribution in [-0.4, -0.2) is 22.8 Å². The van der Waals surface area contributed by atoms with Crippen LogP contribution >= 0.6 is 0 Å². The van der Waals surface area contributed by atoms with E-state index in [0.717, 1.165) is 32.1 Å². The SMILES string of the molecule is CC(C)=CCC/C(=C/CC/C(C)=C/CC/C(C)=C/CO)C(=O)O. The van der Waals surface area contributed by atoms with Gasteiger partial charge in [0.05, 0.1) is 6.61 Å². The molecule has 3 heteroatoms. The highest BCUT2D eigenvalue weighted by Gasteiger charge is 2.05. The predicted molar refractivity (Wildman–Crippen MR) is 97.5 cm³/mol. The Hall–Kier alpha value is -1.61. The van der Waals surface area contributed by atoms with E-state index >= 15 is 0 Å². The van der Waals surface area contributed by atoms with Gasteiger partial charge in [0.1, 0.15) is 0 Å². The molecule has 0 fully saturated rings. The fourth-order valence-corrected chi connectivity index (χ4v) is 2.19. The minimum atomic E-state index is -0.807. The van der Waals surface area contributed by atoms with E-state index in [1.165, 1.54) is 16.7 Å². The Morgan fingerprint density at radius 3 is 1.83 bits per heavy atom. The molecule has 0 amide bonds. The van der Waals surface area contributed by atoms with Crippen molar-refractivity contribution >= 4 is 5.97 Å². The summed E-state index contributed by atoms with van der Waals surface area (Å²) in [6.45, 7) is 8.26. The molecule has 0 spiro atoms. The smallest absolute Gasteiger partial charge is 0.331 e. The second-order valence-corrected chi connectivity index (χ2v) is 6.22. The zero-order valence-corrected chi connectivity index (χ0v) is 15.1. The van der Waals surface area contributed by atoms with Crippen LogP contribution in [0.25, 0.3) is 0 Å². The number of aliphatic hydroxyl groups is 1. The van der Waals surface area contributed by atoms with Crippen molar-refractivity contribution in [3.8, 4) is 0 Å². The maximum atomic E-state index is 11.2. The van der Waals surface area contributed by atoms with Crippen LogP contribution in [0.3, 0.4) is 0 Å². The lowest BCUT2D eigenvalue weighted by molar-refractivity contribution is -0.132. The summed E-state index contributed by atoms with van der Waals surface area (Å²) in [4.78, 5) is 11.2. The fraction of sp³-hybridized carbons (Fsp3) is 0.550. The topological polar surface area (TPSA) is 57.5 Å². The summed E-state index contributed by atoms with van der Waals surface area (Å²) < 4.78 is 0. The van der Waals surface area contributed by atoms with Crippen LogP contribution in [0.15, 0.2) is 46.6 Å². The average Bonchev–Trinajstić information content (AvgIpc) is 2.45. The normalized spacial score (nSPS) is 13.2. The van der Waals surface area contributed by atoms with Gasteiger partial charge >= 0.3 is 5.97 Å². The summed E-state index contributed by atoms with van der Waals surface area (Å²) >= 11 is 0. The van der Waals surface area contributed by atoms with Gasteiger partial charge in [0.15, 0.2) is 0 Å². The number of rotatable bonds is 11. The van der Waals surface area contributed by atoms with Crippen LogP contribution in [0, 0.1) is 0 Å². The number of carboxylic acid groups (broad SMARTS) is 1. The zero-order chi connectivity index (χ0) is 17.7. The molecule has 0 aromatic heterocycles. The first-order valence-electron chi connectivity index (χ1n) is 8.34. The van der Waals surface area contributed by atoms with Crippen molar-refractivity contribution in [3.63, 3.8) is 0 Å². The monoisotopic (exact) mass is 320 g/mol. The van der Waals surface area contributed by atoms with Crippen LogP contribution in [0.4, 0.5) is 0 Å². The molecule has 0 heterocycles. The molecule has 0 rings (SSSR count). The molecule has 0 unspecified atom stereocenters. The van der Waals surface area contributed by atoms with Gasteiger partial charge in [-0.15, -0.1) is 0 Å². The Morgan fingerprint density at radius 2 is 1.30 bits per heavy atom. The first kappa shape index (κ1) is 21.4. The first-order valence-corrected chi connectivity index (χ1v) is 8.34. The van der Waals surface area contributed by atoms with Crippen molar-refractivity contribution < 1.29 is 15.0 Å². The molecule has 0 radical (unpaired) electrons. The first-order chi connectivity index (χ1) is 10.9. The molecule has 0 saturated heterocycles. The molecule has 3 nitrogen and oxygen atoms in total. The van der Waals surface area contributed by atoms with Crippen molar-refractivity contribution in [2.75, 3.05) is 6.61 Å². The Balaban J connectivity index is 4.31. The molecule has 0 atom stereocenters. The van der Waals surface area contributed by atoms with Crippen molar-refractivity contribution in [1.82, 2.24) is 0 Å². The molecule has 0 aromatic carbocycles. The van der Waals surface area contributed by atoms with E-state index < -0.39 is 5.97 Å². The second kappa shape index (κ2) is 12.9. The van der Waals surface area contributed by atoms with Crippen LogP contribution < -0.4 is 0 Å². The predicted octanol–water partition coefficient (Wildman–Crippen LogP) is 5.19. The molecule has 2 N–H and O–H groups in total. The maximum Gasteiger partial charge on any atom is 0.331 e. The summed E-state index contributed by atoms with van der Waals surface area (Å²) in [7, 11) is 0. The number of aliphatic carboxylic acids is 1. The number of hydrogen-bond acceptors (Lipinski definition) is 2. The van der Waals surface area contributed by atoms with E-state index in [0.29, 0.717) is 12.0 Å². The van der Waals surface area contributed by atoms with Gasteiger partial charge in [-0.1, -0.05) is 41.0 Å². The van der Waals surface area contributed by atoms with Gasteiger partial charge in [0.2, 0.25) is 0 Å². The van der Waals surface area contributed by atoms with Crippen LogP contribution in [0.5, 0.6) is 0 Å². The van der Waals surface area contributed by atoms with E-state index in [2.05, 4.69) is 19.1 Å². The van der Waals surface area contributed by atoms with Crippen molar-refractivity contribution in [3.05, 3.63) is 46.6 Å². The van der Waals surface area contributed by atoms with Gasteiger partial charge < -0.3 is 10.2 Å². The Bertz CT molecular complexity index is 475. The second-order valence-electron chi connectivity index (χ2n) is 6.22. The number of allylic oxidation sites excluding steroid dienone is 6. The number of carbonyl (C=O) groups is 1. The molecule has 130 valence electrons.